The Balaban J connectivity index is 2.47. The predicted molar refractivity (Wildman–Crippen MR) is 108 cm³/mol. The molecule has 1 aromatic carbocycles. The number of thiocarbonyl (C=S) groups is 1. The van der Waals surface area contributed by atoms with Gasteiger partial charge in [0, 0.05) is 7.05 Å². The van der Waals surface area contributed by atoms with Crippen LogP contribution in [0.5, 0.6) is 11.5 Å². The molecule has 0 radical (unpaired) electrons. The van der Waals surface area contributed by atoms with E-state index in [9.17, 15) is 9.59 Å². The summed E-state index contributed by atoms with van der Waals surface area (Å²) in [4.78, 5) is 25.6. The third-order valence-electron chi connectivity index (χ3n) is 3.30. The molecule has 0 saturated carbocycles. The highest BCUT2D eigenvalue weighted by atomic mass is 127. The Morgan fingerprint density at radius 1 is 1.36 bits per heavy atom. The standard InChI is InChI=1S/C17H19IN2O4S/c1-5-23-13-8-10(7-12(18)14(13)24-9(2)3)6-11-15(21)19-17(25)20(4)16(11)22/h6-9H,5H2,1-4H3,(H,19,21,25)/b11-6+. The van der Waals surface area contributed by atoms with Gasteiger partial charge < -0.3 is 9.47 Å². The van der Waals surface area contributed by atoms with Crippen LogP contribution >= 0.6 is 34.8 Å². The van der Waals surface area contributed by atoms with Crippen molar-refractivity contribution >= 4 is 57.8 Å². The Labute approximate surface area is 165 Å². The van der Waals surface area contributed by atoms with E-state index in [4.69, 9.17) is 21.7 Å². The molecule has 0 bridgehead atoms. The fourth-order valence-corrected chi connectivity index (χ4v) is 3.12. The van der Waals surface area contributed by atoms with Gasteiger partial charge in [-0.05, 0) is 79.4 Å². The molecule has 2 rings (SSSR count). The number of ether oxygens (including phenoxy) is 2. The van der Waals surface area contributed by atoms with Crippen molar-refractivity contribution in [2.24, 2.45) is 0 Å². The molecule has 1 heterocycles. The lowest BCUT2D eigenvalue weighted by atomic mass is 10.1. The molecule has 0 unspecified atom stereocenters. The van der Waals surface area contributed by atoms with Crippen LogP contribution in [-0.2, 0) is 9.59 Å². The topological polar surface area (TPSA) is 67.9 Å². The first-order chi connectivity index (χ1) is 11.7. The van der Waals surface area contributed by atoms with Gasteiger partial charge in [0.05, 0.1) is 16.3 Å². The quantitative estimate of drug-likeness (QED) is 0.308. The SMILES string of the molecule is CCOc1cc(/C=C2\C(=O)NC(=S)N(C)C2=O)cc(I)c1OC(C)C. The van der Waals surface area contributed by atoms with Crippen molar-refractivity contribution in [3.05, 3.63) is 26.8 Å². The van der Waals surface area contributed by atoms with Crippen LogP contribution in [0.25, 0.3) is 6.08 Å². The van der Waals surface area contributed by atoms with Gasteiger partial charge in [0.1, 0.15) is 5.57 Å². The minimum absolute atomic E-state index is 0.00251. The average molecular weight is 474 g/mol. The van der Waals surface area contributed by atoms with Crippen molar-refractivity contribution in [3.8, 4) is 11.5 Å². The number of nitrogens with one attached hydrogen (secondary N) is 1. The number of nitrogens with zero attached hydrogens (tertiary/aromatic N) is 1. The summed E-state index contributed by atoms with van der Waals surface area (Å²) >= 11 is 7.09. The summed E-state index contributed by atoms with van der Waals surface area (Å²) in [7, 11) is 1.52. The van der Waals surface area contributed by atoms with Crippen LogP contribution < -0.4 is 14.8 Å². The largest absolute Gasteiger partial charge is 0.490 e. The van der Waals surface area contributed by atoms with Gasteiger partial charge in [-0.1, -0.05) is 0 Å². The minimum Gasteiger partial charge on any atom is -0.490 e. The highest BCUT2D eigenvalue weighted by Crippen LogP contribution is 2.35. The Morgan fingerprint density at radius 3 is 2.64 bits per heavy atom. The molecule has 1 N–H and O–H groups in total. The van der Waals surface area contributed by atoms with Crippen molar-refractivity contribution in [1.29, 1.82) is 0 Å². The molecular formula is C17H19IN2O4S. The highest BCUT2D eigenvalue weighted by molar-refractivity contribution is 14.1. The van der Waals surface area contributed by atoms with Gasteiger partial charge in [-0.25, -0.2) is 0 Å². The van der Waals surface area contributed by atoms with Crippen LogP contribution in [0.3, 0.4) is 0 Å². The van der Waals surface area contributed by atoms with Gasteiger partial charge in [0.15, 0.2) is 16.6 Å². The molecule has 1 aliphatic rings. The molecular weight excluding hydrogens is 455 g/mol. The Morgan fingerprint density at radius 2 is 2.04 bits per heavy atom. The van der Waals surface area contributed by atoms with Crippen molar-refractivity contribution < 1.29 is 19.1 Å². The van der Waals surface area contributed by atoms with E-state index < -0.39 is 11.8 Å². The van der Waals surface area contributed by atoms with Crippen molar-refractivity contribution in [3.63, 3.8) is 0 Å². The third kappa shape index (κ3) is 4.49. The molecule has 25 heavy (non-hydrogen) atoms. The smallest absolute Gasteiger partial charge is 0.265 e. The molecule has 2 amide bonds. The number of carbonyl (C=O) groups is 2. The maximum absolute atomic E-state index is 12.3. The molecule has 8 heteroatoms. The van der Waals surface area contributed by atoms with Crippen LogP contribution in [-0.4, -0.2) is 41.6 Å². The van der Waals surface area contributed by atoms with E-state index in [2.05, 4.69) is 27.9 Å². The number of hydrogen-bond acceptors (Lipinski definition) is 5. The van der Waals surface area contributed by atoms with E-state index in [0.717, 1.165) is 3.57 Å². The fraction of sp³-hybridized carbons (Fsp3) is 0.353. The number of benzene rings is 1. The van der Waals surface area contributed by atoms with Crippen LogP contribution in [0, 0.1) is 3.57 Å². The number of carbonyl (C=O) groups excluding carboxylic acids is 2. The number of rotatable bonds is 5. The third-order valence-corrected chi connectivity index (χ3v) is 4.48. The van der Waals surface area contributed by atoms with E-state index >= 15 is 0 Å². The maximum atomic E-state index is 12.3. The molecule has 134 valence electrons. The molecule has 0 atom stereocenters. The van der Waals surface area contributed by atoms with Crippen molar-refractivity contribution in [1.82, 2.24) is 10.2 Å². The van der Waals surface area contributed by atoms with Crippen LogP contribution in [0.15, 0.2) is 17.7 Å². The lowest BCUT2D eigenvalue weighted by Crippen LogP contribution is -2.52. The van der Waals surface area contributed by atoms with Crippen LogP contribution in [0.1, 0.15) is 26.3 Å². The van der Waals surface area contributed by atoms with Gasteiger partial charge in [-0.2, -0.15) is 0 Å². The lowest BCUT2D eigenvalue weighted by Gasteiger charge is -2.25. The van der Waals surface area contributed by atoms with E-state index in [1.165, 1.54) is 18.0 Å². The van der Waals surface area contributed by atoms with E-state index in [1.807, 2.05) is 26.8 Å². The molecule has 1 aromatic rings. The summed E-state index contributed by atoms with van der Waals surface area (Å²) in [5.74, 6) is 0.271. The number of amides is 2. The first-order valence-corrected chi connectivity index (χ1v) is 9.21. The van der Waals surface area contributed by atoms with Crippen molar-refractivity contribution in [2.75, 3.05) is 13.7 Å². The van der Waals surface area contributed by atoms with Crippen LogP contribution in [0.4, 0.5) is 0 Å². The predicted octanol–water partition coefficient (Wildman–Crippen LogP) is 2.73. The summed E-state index contributed by atoms with van der Waals surface area (Å²) in [6.45, 7) is 6.23. The number of likely N-dealkylation sites (N-methyl/N-ethyl adjacent to an activating group) is 1. The molecule has 0 spiro atoms. The minimum atomic E-state index is -0.511. The Hall–Kier alpha value is -1.68. The first kappa shape index (κ1) is 19.6. The maximum Gasteiger partial charge on any atom is 0.265 e. The molecule has 6 nitrogen and oxygen atoms in total. The van der Waals surface area contributed by atoms with E-state index in [1.54, 1.807) is 6.07 Å². The summed E-state index contributed by atoms with van der Waals surface area (Å²) in [5.41, 5.74) is 0.690. The van der Waals surface area contributed by atoms with Gasteiger partial charge in [0.25, 0.3) is 11.8 Å². The second kappa shape index (κ2) is 8.13. The molecule has 1 saturated heterocycles. The normalized spacial score (nSPS) is 16.5. The Bertz CT molecular complexity index is 761. The summed E-state index contributed by atoms with van der Waals surface area (Å²) < 4.78 is 12.3. The molecule has 1 aliphatic heterocycles. The Kier molecular flexibility index (Phi) is 6.39. The summed E-state index contributed by atoms with van der Waals surface area (Å²) in [6.07, 6.45) is 1.53. The first-order valence-electron chi connectivity index (χ1n) is 7.72. The zero-order valence-corrected chi connectivity index (χ0v) is 17.4. The van der Waals surface area contributed by atoms with Gasteiger partial charge in [0.2, 0.25) is 0 Å². The second-order valence-corrected chi connectivity index (χ2v) is 7.16. The van der Waals surface area contributed by atoms with Gasteiger partial charge >= 0.3 is 0 Å². The number of hydrogen-bond donors (Lipinski definition) is 1. The van der Waals surface area contributed by atoms with Crippen LogP contribution in [0.2, 0.25) is 0 Å². The zero-order chi connectivity index (χ0) is 18.7. The van der Waals surface area contributed by atoms with Crippen molar-refractivity contribution in [2.45, 2.75) is 26.9 Å². The lowest BCUT2D eigenvalue weighted by molar-refractivity contribution is -0.128. The summed E-state index contributed by atoms with van der Waals surface area (Å²) in [5, 5.41) is 2.59. The van der Waals surface area contributed by atoms with Gasteiger partial charge in [-0.15, -0.1) is 0 Å². The number of halogens is 1. The van der Waals surface area contributed by atoms with E-state index in [-0.39, 0.29) is 16.8 Å². The summed E-state index contributed by atoms with van der Waals surface area (Å²) in [6, 6.07) is 3.59. The van der Waals surface area contributed by atoms with E-state index in [0.29, 0.717) is 23.7 Å². The fourth-order valence-electron chi connectivity index (χ4n) is 2.20. The van der Waals surface area contributed by atoms with Gasteiger partial charge in [-0.3, -0.25) is 19.8 Å². The monoisotopic (exact) mass is 474 g/mol. The molecule has 1 fully saturated rings. The molecule has 0 aliphatic carbocycles. The average Bonchev–Trinajstić information content (AvgIpc) is 2.53. The zero-order valence-electron chi connectivity index (χ0n) is 14.4. The highest BCUT2D eigenvalue weighted by Gasteiger charge is 2.30. The molecule has 0 aromatic heterocycles. The second-order valence-electron chi connectivity index (χ2n) is 5.61.